The molecule has 3 rings (SSSR count). The molecule has 1 fully saturated rings. The number of thiocarbonyl (C=S) groups is 1. The predicted molar refractivity (Wildman–Crippen MR) is 84.7 cm³/mol. The number of nitrogens with one attached hydrogen (secondary N) is 1. The molecular weight excluding hydrogens is 287 g/mol. The molecule has 2 aliphatic rings. The Morgan fingerprint density at radius 2 is 2.24 bits per heavy atom. The van der Waals surface area contributed by atoms with Crippen LogP contribution in [-0.4, -0.2) is 21.8 Å². The van der Waals surface area contributed by atoms with Crippen molar-refractivity contribution in [2.24, 2.45) is 5.92 Å². The maximum absolute atomic E-state index is 14.2. The standard InChI is InChI=1S/C16H21FN2OS/c1-5-9(2)19-15(21)18-13-10(3)16(19,4)20-14-11(13)7-6-8-12(14)17/h6-10,13H,5H2,1-4H3,(H,18,21). The van der Waals surface area contributed by atoms with Crippen LogP contribution < -0.4 is 10.1 Å². The fraction of sp³-hybridized carbons (Fsp3) is 0.562. The Morgan fingerprint density at radius 1 is 1.52 bits per heavy atom. The van der Waals surface area contributed by atoms with Gasteiger partial charge in [-0.15, -0.1) is 0 Å². The van der Waals surface area contributed by atoms with Crippen LogP contribution in [0.4, 0.5) is 4.39 Å². The van der Waals surface area contributed by atoms with E-state index in [0.29, 0.717) is 10.9 Å². The van der Waals surface area contributed by atoms with Crippen LogP contribution in [0.5, 0.6) is 5.75 Å². The first kappa shape index (κ1) is 14.6. The molecule has 3 nitrogen and oxygen atoms in total. The topological polar surface area (TPSA) is 24.5 Å². The molecule has 2 bridgehead atoms. The second-order valence-corrected chi connectivity index (χ2v) is 6.54. The van der Waals surface area contributed by atoms with Crippen LogP contribution in [0.3, 0.4) is 0 Å². The van der Waals surface area contributed by atoms with Crippen LogP contribution in [0.2, 0.25) is 0 Å². The molecule has 114 valence electrons. The lowest BCUT2D eigenvalue weighted by Gasteiger charge is -2.57. The number of para-hydroxylation sites is 1. The minimum Gasteiger partial charge on any atom is -0.464 e. The molecule has 2 heterocycles. The van der Waals surface area contributed by atoms with Gasteiger partial charge in [0.25, 0.3) is 0 Å². The monoisotopic (exact) mass is 308 g/mol. The van der Waals surface area contributed by atoms with Gasteiger partial charge in [-0.25, -0.2) is 4.39 Å². The first-order chi connectivity index (χ1) is 9.90. The van der Waals surface area contributed by atoms with E-state index in [0.717, 1.165) is 12.0 Å². The van der Waals surface area contributed by atoms with Gasteiger partial charge in [0.15, 0.2) is 22.4 Å². The number of nitrogens with zero attached hydrogens (tertiary/aromatic N) is 1. The lowest BCUT2D eigenvalue weighted by Crippen LogP contribution is -2.70. The zero-order valence-corrected chi connectivity index (χ0v) is 13.6. The van der Waals surface area contributed by atoms with Gasteiger partial charge in [-0.05, 0) is 38.6 Å². The number of halogens is 1. The second kappa shape index (κ2) is 4.83. The molecular formula is C16H21FN2OS. The summed E-state index contributed by atoms with van der Waals surface area (Å²) in [5, 5.41) is 4.07. The molecule has 0 amide bonds. The van der Waals surface area contributed by atoms with Gasteiger partial charge in [-0.2, -0.15) is 0 Å². The van der Waals surface area contributed by atoms with Crippen LogP contribution >= 0.6 is 12.2 Å². The van der Waals surface area contributed by atoms with E-state index >= 15 is 0 Å². The van der Waals surface area contributed by atoms with E-state index in [4.69, 9.17) is 17.0 Å². The van der Waals surface area contributed by atoms with Gasteiger partial charge < -0.3 is 15.0 Å². The largest absolute Gasteiger partial charge is 0.464 e. The van der Waals surface area contributed by atoms with Crippen LogP contribution in [0.15, 0.2) is 18.2 Å². The molecule has 1 aromatic carbocycles. The van der Waals surface area contributed by atoms with E-state index in [1.807, 2.05) is 13.0 Å². The molecule has 21 heavy (non-hydrogen) atoms. The Labute approximate surface area is 130 Å². The molecule has 2 aliphatic heterocycles. The Balaban J connectivity index is 2.14. The first-order valence-electron chi connectivity index (χ1n) is 7.47. The predicted octanol–water partition coefficient (Wildman–Crippen LogP) is 3.60. The molecule has 0 saturated carbocycles. The molecule has 0 aliphatic carbocycles. The molecule has 5 heteroatoms. The number of hydrogen-bond acceptors (Lipinski definition) is 2. The highest BCUT2D eigenvalue weighted by molar-refractivity contribution is 7.80. The first-order valence-corrected chi connectivity index (χ1v) is 7.88. The van der Waals surface area contributed by atoms with E-state index in [9.17, 15) is 4.39 Å². The third-order valence-electron chi connectivity index (χ3n) is 4.99. The summed E-state index contributed by atoms with van der Waals surface area (Å²) in [6.07, 6.45) is 0.947. The van der Waals surface area contributed by atoms with Crippen molar-refractivity contribution in [1.82, 2.24) is 10.2 Å². The third kappa shape index (κ3) is 1.94. The number of benzene rings is 1. The van der Waals surface area contributed by atoms with Crippen molar-refractivity contribution >= 4 is 17.3 Å². The van der Waals surface area contributed by atoms with Gasteiger partial charge in [-0.1, -0.05) is 26.0 Å². The molecule has 0 radical (unpaired) electrons. The zero-order valence-electron chi connectivity index (χ0n) is 12.8. The van der Waals surface area contributed by atoms with Crippen molar-refractivity contribution in [2.75, 3.05) is 0 Å². The zero-order chi connectivity index (χ0) is 15.4. The summed E-state index contributed by atoms with van der Waals surface area (Å²) in [7, 11) is 0. The molecule has 1 N–H and O–H groups in total. The fourth-order valence-electron chi connectivity index (χ4n) is 3.45. The highest BCUT2D eigenvalue weighted by Crippen LogP contribution is 2.49. The number of ether oxygens (including phenoxy) is 1. The molecule has 1 aromatic rings. The van der Waals surface area contributed by atoms with E-state index in [-0.39, 0.29) is 23.8 Å². The second-order valence-electron chi connectivity index (χ2n) is 6.16. The van der Waals surface area contributed by atoms with Gasteiger partial charge in [-0.3, -0.25) is 0 Å². The van der Waals surface area contributed by atoms with Gasteiger partial charge in [0.05, 0.1) is 6.04 Å². The van der Waals surface area contributed by atoms with Gasteiger partial charge in [0.2, 0.25) is 0 Å². The smallest absolute Gasteiger partial charge is 0.187 e. The van der Waals surface area contributed by atoms with Gasteiger partial charge in [0, 0.05) is 17.5 Å². The normalized spacial score (nSPS) is 32.0. The summed E-state index contributed by atoms with van der Waals surface area (Å²) in [5.74, 6) is 0.202. The average Bonchev–Trinajstić information content (AvgIpc) is 2.43. The summed E-state index contributed by atoms with van der Waals surface area (Å²) in [6.45, 7) is 8.37. The van der Waals surface area contributed by atoms with Crippen molar-refractivity contribution in [3.05, 3.63) is 29.6 Å². The van der Waals surface area contributed by atoms with E-state index in [1.165, 1.54) is 6.07 Å². The maximum Gasteiger partial charge on any atom is 0.187 e. The lowest BCUT2D eigenvalue weighted by atomic mass is 9.80. The number of rotatable bonds is 2. The molecule has 1 saturated heterocycles. The van der Waals surface area contributed by atoms with E-state index in [2.05, 4.69) is 31.0 Å². The Hall–Kier alpha value is -1.36. The maximum atomic E-state index is 14.2. The Morgan fingerprint density at radius 3 is 2.90 bits per heavy atom. The third-order valence-corrected chi connectivity index (χ3v) is 5.31. The van der Waals surface area contributed by atoms with Crippen molar-refractivity contribution in [1.29, 1.82) is 0 Å². The van der Waals surface area contributed by atoms with Gasteiger partial charge in [0.1, 0.15) is 0 Å². The van der Waals surface area contributed by atoms with Crippen LogP contribution in [0.1, 0.15) is 45.7 Å². The van der Waals surface area contributed by atoms with Crippen LogP contribution in [0, 0.1) is 11.7 Å². The van der Waals surface area contributed by atoms with Crippen molar-refractivity contribution in [3.8, 4) is 5.75 Å². The Kier molecular flexibility index (Phi) is 3.35. The van der Waals surface area contributed by atoms with E-state index < -0.39 is 5.72 Å². The molecule has 0 spiro atoms. The Bertz CT molecular complexity index is 594. The minimum atomic E-state index is -0.627. The van der Waals surface area contributed by atoms with Crippen molar-refractivity contribution in [3.63, 3.8) is 0 Å². The average molecular weight is 308 g/mol. The van der Waals surface area contributed by atoms with E-state index in [1.54, 1.807) is 6.07 Å². The summed E-state index contributed by atoms with van der Waals surface area (Å²) >= 11 is 5.55. The molecule has 4 unspecified atom stereocenters. The summed E-state index contributed by atoms with van der Waals surface area (Å²) < 4.78 is 20.3. The summed E-state index contributed by atoms with van der Waals surface area (Å²) in [5.41, 5.74) is 0.226. The van der Waals surface area contributed by atoms with Gasteiger partial charge >= 0.3 is 0 Å². The van der Waals surface area contributed by atoms with Crippen molar-refractivity contribution < 1.29 is 9.13 Å². The minimum absolute atomic E-state index is 0.0118. The molecule has 0 aromatic heterocycles. The quantitative estimate of drug-likeness (QED) is 0.844. The SMILES string of the molecule is CCC(C)N1C(=S)NC2c3cccc(F)c3OC1(C)C2C. The number of hydrogen-bond donors (Lipinski definition) is 1. The highest BCUT2D eigenvalue weighted by atomic mass is 32.1. The summed E-state index contributed by atoms with van der Waals surface area (Å²) in [4.78, 5) is 2.08. The summed E-state index contributed by atoms with van der Waals surface area (Å²) in [6, 6.07) is 5.29. The fourth-order valence-corrected chi connectivity index (χ4v) is 3.94. The lowest BCUT2D eigenvalue weighted by molar-refractivity contribution is -0.125. The van der Waals surface area contributed by atoms with Crippen molar-refractivity contribution in [2.45, 2.75) is 51.9 Å². The molecule has 4 atom stereocenters. The van der Waals surface area contributed by atoms with Crippen LogP contribution in [0.25, 0.3) is 0 Å². The highest BCUT2D eigenvalue weighted by Gasteiger charge is 2.54. The van der Waals surface area contributed by atoms with Crippen LogP contribution in [-0.2, 0) is 0 Å². The number of fused-ring (bicyclic) bond motifs is 4.